The smallest absolute Gasteiger partial charge is 0.343 e. The average molecular weight is 314 g/mol. The Kier molecular flexibility index (Phi) is 5.74. The van der Waals surface area contributed by atoms with E-state index in [9.17, 15) is 9.59 Å². The molecule has 0 radical (unpaired) electrons. The third-order valence-corrected chi connectivity index (χ3v) is 3.01. The van der Waals surface area contributed by atoms with Crippen molar-refractivity contribution in [2.24, 2.45) is 0 Å². The van der Waals surface area contributed by atoms with Gasteiger partial charge in [0.15, 0.2) is 11.5 Å². The number of ether oxygens (including phenoxy) is 3. The van der Waals surface area contributed by atoms with Gasteiger partial charge in [-0.05, 0) is 56.3 Å². The zero-order chi connectivity index (χ0) is 16.7. The van der Waals surface area contributed by atoms with Crippen LogP contribution in [0.15, 0.2) is 42.5 Å². The summed E-state index contributed by atoms with van der Waals surface area (Å²) in [6, 6.07) is 11.3. The predicted molar refractivity (Wildman–Crippen MR) is 85.6 cm³/mol. The molecule has 0 N–H and O–H groups in total. The van der Waals surface area contributed by atoms with E-state index >= 15 is 0 Å². The van der Waals surface area contributed by atoms with Crippen molar-refractivity contribution in [3.63, 3.8) is 0 Å². The van der Waals surface area contributed by atoms with Gasteiger partial charge in [-0.25, -0.2) is 4.79 Å². The van der Waals surface area contributed by atoms with Crippen LogP contribution in [0, 0.1) is 0 Å². The number of rotatable bonds is 7. The van der Waals surface area contributed by atoms with Gasteiger partial charge in [0.1, 0.15) is 12.0 Å². The second-order valence-electron chi connectivity index (χ2n) is 4.60. The standard InChI is InChI=1S/C18H18O5/c1-3-21-15-8-6-14(7-9-15)18(20)23-16-10-5-13(12-19)11-17(16)22-4-2/h5-12H,3-4H2,1-2H3. The fourth-order valence-electron chi connectivity index (χ4n) is 1.96. The molecular formula is C18H18O5. The molecule has 0 fully saturated rings. The molecule has 0 aliphatic rings. The van der Waals surface area contributed by atoms with Crippen LogP contribution < -0.4 is 14.2 Å². The molecule has 0 saturated carbocycles. The Balaban J connectivity index is 2.17. The Morgan fingerprint density at radius 2 is 1.65 bits per heavy atom. The third-order valence-electron chi connectivity index (χ3n) is 3.01. The Morgan fingerprint density at radius 3 is 2.26 bits per heavy atom. The van der Waals surface area contributed by atoms with Crippen molar-refractivity contribution in [1.82, 2.24) is 0 Å². The minimum atomic E-state index is -0.507. The summed E-state index contributed by atoms with van der Waals surface area (Å²) >= 11 is 0. The normalized spacial score (nSPS) is 10.0. The van der Waals surface area contributed by atoms with Crippen LogP contribution in [0.1, 0.15) is 34.6 Å². The second kappa shape index (κ2) is 7.98. The molecule has 5 heteroatoms. The quantitative estimate of drug-likeness (QED) is 0.444. The Hall–Kier alpha value is -2.82. The maximum atomic E-state index is 12.2. The van der Waals surface area contributed by atoms with Crippen LogP contribution in [-0.2, 0) is 0 Å². The zero-order valence-corrected chi connectivity index (χ0v) is 13.1. The zero-order valence-electron chi connectivity index (χ0n) is 13.1. The maximum absolute atomic E-state index is 12.2. The predicted octanol–water partition coefficient (Wildman–Crippen LogP) is 3.52. The topological polar surface area (TPSA) is 61.8 Å². The molecule has 0 aliphatic heterocycles. The van der Waals surface area contributed by atoms with E-state index < -0.39 is 5.97 Å². The van der Waals surface area contributed by atoms with Crippen LogP contribution in [0.3, 0.4) is 0 Å². The van der Waals surface area contributed by atoms with Crippen LogP contribution in [0.2, 0.25) is 0 Å². The highest BCUT2D eigenvalue weighted by Gasteiger charge is 2.13. The van der Waals surface area contributed by atoms with E-state index in [0.29, 0.717) is 42.1 Å². The molecule has 2 rings (SSSR count). The van der Waals surface area contributed by atoms with Gasteiger partial charge in [0, 0.05) is 5.56 Å². The number of carbonyl (C=O) groups excluding carboxylic acids is 2. The Morgan fingerprint density at radius 1 is 0.957 bits per heavy atom. The van der Waals surface area contributed by atoms with Gasteiger partial charge in [-0.1, -0.05) is 0 Å². The summed E-state index contributed by atoms with van der Waals surface area (Å²) in [5.41, 5.74) is 0.852. The van der Waals surface area contributed by atoms with Crippen LogP contribution in [0.5, 0.6) is 17.2 Å². The third kappa shape index (κ3) is 4.32. The molecule has 0 bridgehead atoms. The summed E-state index contributed by atoms with van der Waals surface area (Å²) in [5.74, 6) is 0.815. The van der Waals surface area contributed by atoms with Crippen LogP contribution in [0.4, 0.5) is 0 Å². The van der Waals surface area contributed by atoms with Crippen molar-refractivity contribution < 1.29 is 23.8 Å². The van der Waals surface area contributed by atoms with Gasteiger partial charge < -0.3 is 14.2 Å². The van der Waals surface area contributed by atoms with E-state index in [4.69, 9.17) is 14.2 Å². The molecule has 5 nitrogen and oxygen atoms in total. The summed E-state index contributed by atoms with van der Waals surface area (Å²) in [7, 11) is 0. The van der Waals surface area contributed by atoms with Gasteiger partial charge in [0.05, 0.1) is 18.8 Å². The molecule has 0 amide bonds. The van der Waals surface area contributed by atoms with Crippen LogP contribution in [0.25, 0.3) is 0 Å². The van der Waals surface area contributed by atoms with Crippen molar-refractivity contribution in [3.8, 4) is 17.2 Å². The Bertz CT molecular complexity index is 676. The first-order chi connectivity index (χ1) is 11.2. The first kappa shape index (κ1) is 16.5. The number of benzene rings is 2. The lowest BCUT2D eigenvalue weighted by molar-refractivity contribution is 0.0728. The molecule has 2 aromatic rings. The monoisotopic (exact) mass is 314 g/mol. The van der Waals surface area contributed by atoms with Crippen molar-refractivity contribution >= 4 is 12.3 Å². The fraction of sp³-hybridized carbons (Fsp3) is 0.222. The van der Waals surface area contributed by atoms with Gasteiger partial charge in [0.25, 0.3) is 0 Å². The van der Waals surface area contributed by atoms with Crippen molar-refractivity contribution in [3.05, 3.63) is 53.6 Å². The highest BCUT2D eigenvalue weighted by Crippen LogP contribution is 2.29. The molecule has 0 spiro atoms. The minimum absolute atomic E-state index is 0.274. The second-order valence-corrected chi connectivity index (χ2v) is 4.60. The molecule has 23 heavy (non-hydrogen) atoms. The molecule has 120 valence electrons. The summed E-state index contributed by atoms with van der Waals surface area (Å²) in [5, 5.41) is 0. The summed E-state index contributed by atoms with van der Waals surface area (Å²) in [6.45, 7) is 4.66. The van der Waals surface area contributed by atoms with Crippen LogP contribution in [-0.4, -0.2) is 25.5 Å². The molecule has 0 heterocycles. The number of esters is 1. The lowest BCUT2D eigenvalue weighted by Crippen LogP contribution is -2.10. The molecule has 0 aromatic heterocycles. The molecule has 0 aliphatic carbocycles. The summed E-state index contributed by atoms with van der Waals surface area (Å²) < 4.78 is 16.1. The number of carbonyl (C=O) groups is 2. The summed E-state index contributed by atoms with van der Waals surface area (Å²) in [4.78, 5) is 23.0. The van der Waals surface area contributed by atoms with Crippen molar-refractivity contribution in [1.29, 1.82) is 0 Å². The van der Waals surface area contributed by atoms with Gasteiger partial charge in [-0.15, -0.1) is 0 Å². The van der Waals surface area contributed by atoms with Gasteiger partial charge in [-0.3, -0.25) is 4.79 Å². The molecule has 2 aromatic carbocycles. The lowest BCUT2D eigenvalue weighted by atomic mass is 10.2. The molecule has 0 unspecified atom stereocenters. The van der Waals surface area contributed by atoms with E-state index in [1.165, 1.54) is 6.07 Å². The SMILES string of the molecule is CCOc1ccc(C(=O)Oc2ccc(C=O)cc2OCC)cc1. The van der Waals surface area contributed by atoms with E-state index in [1.54, 1.807) is 36.4 Å². The molecule has 0 atom stereocenters. The first-order valence-corrected chi connectivity index (χ1v) is 7.35. The van der Waals surface area contributed by atoms with E-state index in [-0.39, 0.29) is 5.75 Å². The largest absolute Gasteiger partial charge is 0.494 e. The fourth-order valence-corrected chi connectivity index (χ4v) is 1.96. The highest BCUT2D eigenvalue weighted by molar-refractivity contribution is 5.91. The van der Waals surface area contributed by atoms with Crippen molar-refractivity contribution in [2.75, 3.05) is 13.2 Å². The molecular weight excluding hydrogens is 296 g/mol. The first-order valence-electron chi connectivity index (χ1n) is 7.35. The maximum Gasteiger partial charge on any atom is 0.343 e. The van der Waals surface area contributed by atoms with E-state index in [1.807, 2.05) is 13.8 Å². The van der Waals surface area contributed by atoms with Crippen molar-refractivity contribution in [2.45, 2.75) is 13.8 Å². The average Bonchev–Trinajstić information content (AvgIpc) is 2.57. The van der Waals surface area contributed by atoms with Gasteiger partial charge in [0.2, 0.25) is 0 Å². The Labute approximate surface area is 134 Å². The highest BCUT2D eigenvalue weighted by atomic mass is 16.6. The minimum Gasteiger partial charge on any atom is -0.494 e. The molecule has 0 saturated heterocycles. The number of hydrogen-bond donors (Lipinski definition) is 0. The number of aldehydes is 1. The van der Waals surface area contributed by atoms with Gasteiger partial charge in [-0.2, -0.15) is 0 Å². The summed E-state index contributed by atoms with van der Waals surface area (Å²) in [6.07, 6.45) is 0.709. The number of hydrogen-bond acceptors (Lipinski definition) is 5. The van der Waals surface area contributed by atoms with E-state index in [0.717, 1.165) is 0 Å². The lowest BCUT2D eigenvalue weighted by Gasteiger charge is -2.11. The van der Waals surface area contributed by atoms with Crippen LogP contribution >= 0.6 is 0 Å². The van der Waals surface area contributed by atoms with Gasteiger partial charge >= 0.3 is 5.97 Å². The van der Waals surface area contributed by atoms with E-state index in [2.05, 4.69) is 0 Å².